The predicted octanol–water partition coefficient (Wildman–Crippen LogP) is 6.26. The van der Waals surface area contributed by atoms with Gasteiger partial charge in [0.05, 0.1) is 5.02 Å². The fraction of sp³-hybridized carbons (Fsp3) is 0.545. The van der Waals surface area contributed by atoms with Crippen LogP contribution in [0.1, 0.15) is 64.7 Å². The summed E-state index contributed by atoms with van der Waals surface area (Å²) in [6.45, 7) is 15.0. The molecule has 0 radical (unpaired) electrons. The van der Waals surface area contributed by atoms with Crippen molar-refractivity contribution in [3.05, 3.63) is 46.1 Å². The number of benzene rings is 1. The number of carbonyl (C=O) groups is 1. The molecule has 0 saturated carbocycles. The summed E-state index contributed by atoms with van der Waals surface area (Å²) in [4.78, 5) is 20.5. The first-order valence-corrected chi connectivity index (χ1v) is 11.6. The van der Waals surface area contributed by atoms with Gasteiger partial charge in [0.25, 0.3) is 6.47 Å². The minimum absolute atomic E-state index is 0.0321. The number of carbonyl (C=O) groups excluding carboxylic acids is 1. The molecule has 8 heteroatoms. The maximum absolute atomic E-state index is 13.2. The van der Waals surface area contributed by atoms with Crippen LogP contribution in [-0.4, -0.2) is 46.7 Å². The SMILES string of the molecule is CC.CC(C)N(C)C(C)C.CSc1nc(C(OC=O)c2ccc(F)c(Cl)c2)[nH]c1C. The van der Waals surface area contributed by atoms with Gasteiger partial charge in [0.2, 0.25) is 0 Å². The Hall–Kier alpha value is -1.57. The Morgan fingerprint density at radius 3 is 2.17 bits per heavy atom. The Bertz CT molecular complexity index is 761. The van der Waals surface area contributed by atoms with E-state index in [2.05, 4.69) is 49.6 Å². The summed E-state index contributed by atoms with van der Waals surface area (Å²) >= 11 is 7.24. The van der Waals surface area contributed by atoms with E-state index in [1.54, 1.807) is 0 Å². The molecule has 1 heterocycles. The van der Waals surface area contributed by atoms with Crippen LogP contribution in [0.5, 0.6) is 0 Å². The zero-order valence-corrected chi connectivity index (χ0v) is 21.0. The largest absolute Gasteiger partial charge is 0.451 e. The van der Waals surface area contributed by atoms with E-state index in [4.69, 9.17) is 16.3 Å². The van der Waals surface area contributed by atoms with Crippen molar-refractivity contribution in [2.75, 3.05) is 13.3 Å². The van der Waals surface area contributed by atoms with E-state index in [0.717, 1.165) is 10.7 Å². The third-order valence-electron chi connectivity index (χ3n) is 4.37. The highest BCUT2D eigenvalue weighted by molar-refractivity contribution is 7.98. The van der Waals surface area contributed by atoms with Gasteiger partial charge in [-0.15, -0.1) is 11.8 Å². The number of aromatic nitrogens is 2. The van der Waals surface area contributed by atoms with Crippen LogP contribution in [0, 0.1) is 12.7 Å². The van der Waals surface area contributed by atoms with Gasteiger partial charge in [-0.25, -0.2) is 9.37 Å². The Kier molecular flexibility index (Phi) is 13.7. The zero-order chi connectivity index (χ0) is 23.4. The number of nitrogens with zero attached hydrogens (tertiary/aromatic N) is 2. The van der Waals surface area contributed by atoms with Gasteiger partial charge in [-0.05, 0) is 60.1 Å². The lowest BCUT2D eigenvalue weighted by molar-refractivity contribution is -0.132. The standard InChI is InChI=1S/C13H12ClFN2O2S.C7H17N.C2H6/c1-7-13(20-2)17-12(16-7)11(19-6-18)8-3-4-10(15)9(14)5-8;1-6(2)8(5)7(3)4;1-2/h3-6,11H,1-2H3,(H,16,17);6-7H,1-5H3;1-2H3. The van der Waals surface area contributed by atoms with Crippen molar-refractivity contribution < 1.29 is 13.9 Å². The van der Waals surface area contributed by atoms with Gasteiger partial charge in [-0.3, -0.25) is 4.79 Å². The molecule has 1 unspecified atom stereocenters. The second kappa shape index (κ2) is 14.4. The van der Waals surface area contributed by atoms with Crippen molar-refractivity contribution in [1.82, 2.24) is 14.9 Å². The number of nitrogens with one attached hydrogen (secondary N) is 1. The molecule has 2 aromatic rings. The molecule has 5 nitrogen and oxygen atoms in total. The highest BCUT2D eigenvalue weighted by Crippen LogP contribution is 2.29. The highest BCUT2D eigenvalue weighted by Gasteiger charge is 2.21. The van der Waals surface area contributed by atoms with Gasteiger partial charge in [0, 0.05) is 23.3 Å². The van der Waals surface area contributed by atoms with Crippen molar-refractivity contribution in [2.45, 2.75) is 71.7 Å². The molecule has 170 valence electrons. The van der Waals surface area contributed by atoms with Crippen LogP contribution in [0.2, 0.25) is 5.02 Å². The molecule has 0 aliphatic rings. The number of halogens is 2. The summed E-state index contributed by atoms with van der Waals surface area (Å²) in [6, 6.07) is 5.50. The van der Waals surface area contributed by atoms with Crippen LogP contribution in [0.15, 0.2) is 23.2 Å². The number of hydrogen-bond acceptors (Lipinski definition) is 5. The molecule has 0 saturated heterocycles. The predicted molar refractivity (Wildman–Crippen MR) is 125 cm³/mol. The quantitative estimate of drug-likeness (QED) is 0.391. The first-order chi connectivity index (χ1) is 14.1. The van der Waals surface area contributed by atoms with Gasteiger partial charge in [-0.1, -0.05) is 31.5 Å². The molecular weight excluding hydrogens is 425 g/mol. The van der Waals surface area contributed by atoms with Crippen LogP contribution in [0.4, 0.5) is 4.39 Å². The number of imidazole rings is 1. The number of aryl methyl sites for hydroxylation is 1. The molecule has 0 aliphatic heterocycles. The summed E-state index contributed by atoms with van der Waals surface area (Å²) in [7, 11) is 2.15. The highest BCUT2D eigenvalue weighted by atomic mass is 35.5. The molecule has 1 atom stereocenters. The number of aromatic amines is 1. The van der Waals surface area contributed by atoms with E-state index >= 15 is 0 Å². The average Bonchev–Trinajstić information content (AvgIpc) is 3.10. The van der Waals surface area contributed by atoms with Crippen molar-refractivity contribution in [2.24, 2.45) is 0 Å². The van der Waals surface area contributed by atoms with Crippen molar-refractivity contribution in [3.63, 3.8) is 0 Å². The molecular formula is C22H35ClFN3O2S. The fourth-order valence-corrected chi connectivity index (χ4v) is 3.15. The molecule has 2 rings (SSSR count). The van der Waals surface area contributed by atoms with E-state index in [1.807, 2.05) is 27.0 Å². The minimum atomic E-state index is -0.745. The number of H-pyrrole nitrogens is 1. The average molecular weight is 460 g/mol. The van der Waals surface area contributed by atoms with Crippen LogP contribution in [0.3, 0.4) is 0 Å². The topological polar surface area (TPSA) is 58.2 Å². The number of ether oxygens (including phenoxy) is 1. The maximum Gasteiger partial charge on any atom is 0.294 e. The van der Waals surface area contributed by atoms with Crippen LogP contribution in [0.25, 0.3) is 0 Å². The van der Waals surface area contributed by atoms with Crippen molar-refractivity contribution >= 4 is 29.8 Å². The van der Waals surface area contributed by atoms with Crippen molar-refractivity contribution in [1.29, 1.82) is 0 Å². The Morgan fingerprint density at radius 1 is 1.23 bits per heavy atom. The monoisotopic (exact) mass is 459 g/mol. The Balaban J connectivity index is 0.000000712. The first kappa shape index (κ1) is 28.4. The summed E-state index contributed by atoms with van der Waals surface area (Å²) in [5.41, 5.74) is 1.42. The Labute approximate surface area is 189 Å². The first-order valence-electron chi connectivity index (χ1n) is 9.98. The molecule has 1 N–H and O–H groups in total. The number of rotatable bonds is 7. The lowest BCUT2D eigenvalue weighted by Crippen LogP contribution is -2.32. The molecule has 0 amide bonds. The molecule has 1 aromatic carbocycles. The smallest absolute Gasteiger partial charge is 0.294 e. The Morgan fingerprint density at radius 2 is 1.80 bits per heavy atom. The summed E-state index contributed by atoms with van der Waals surface area (Å²) in [5.74, 6) is -0.0534. The molecule has 0 bridgehead atoms. The summed E-state index contributed by atoms with van der Waals surface area (Å²) < 4.78 is 18.3. The van der Waals surface area contributed by atoms with Crippen LogP contribution < -0.4 is 0 Å². The van der Waals surface area contributed by atoms with Gasteiger partial charge in [-0.2, -0.15) is 0 Å². The van der Waals surface area contributed by atoms with Gasteiger partial charge in [0.1, 0.15) is 10.8 Å². The number of thioether (sulfide) groups is 1. The van der Waals surface area contributed by atoms with Gasteiger partial charge in [0.15, 0.2) is 11.9 Å². The molecule has 30 heavy (non-hydrogen) atoms. The molecule has 0 fully saturated rings. The third-order valence-corrected chi connectivity index (χ3v) is 5.44. The van der Waals surface area contributed by atoms with Crippen LogP contribution >= 0.6 is 23.4 Å². The van der Waals surface area contributed by atoms with E-state index in [9.17, 15) is 9.18 Å². The van der Waals surface area contributed by atoms with Crippen molar-refractivity contribution in [3.8, 4) is 0 Å². The van der Waals surface area contributed by atoms with Crippen LogP contribution in [-0.2, 0) is 9.53 Å². The molecule has 0 spiro atoms. The van der Waals surface area contributed by atoms with E-state index < -0.39 is 11.9 Å². The lowest BCUT2D eigenvalue weighted by atomic mass is 10.1. The maximum atomic E-state index is 13.2. The summed E-state index contributed by atoms with van der Waals surface area (Å²) in [6.07, 6.45) is 1.15. The second-order valence-electron chi connectivity index (χ2n) is 6.90. The summed E-state index contributed by atoms with van der Waals surface area (Å²) in [5, 5.41) is 0.781. The zero-order valence-electron chi connectivity index (χ0n) is 19.4. The minimum Gasteiger partial charge on any atom is -0.451 e. The molecule has 0 aliphatic carbocycles. The van der Waals surface area contributed by atoms with Gasteiger partial charge < -0.3 is 14.6 Å². The normalized spacial score (nSPS) is 11.5. The van der Waals surface area contributed by atoms with E-state index in [-0.39, 0.29) is 5.02 Å². The van der Waals surface area contributed by atoms with E-state index in [0.29, 0.717) is 29.9 Å². The number of hydrogen-bond donors (Lipinski definition) is 1. The second-order valence-corrected chi connectivity index (χ2v) is 8.10. The lowest BCUT2D eigenvalue weighted by Gasteiger charge is -2.24. The fourth-order valence-electron chi connectivity index (χ4n) is 2.42. The van der Waals surface area contributed by atoms with E-state index in [1.165, 1.54) is 30.0 Å². The molecule has 1 aromatic heterocycles. The third kappa shape index (κ3) is 8.66. The van der Waals surface area contributed by atoms with Gasteiger partial charge >= 0.3 is 0 Å².